The minimum absolute atomic E-state index is 0.657. The minimum Gasteiger partial charge on any atom is -0.494 e. The quantitative estimate of drug-likeness (QED) is 0.854. The van der Waals surface area contributed by atoms with Crippen LogP contribution < -0.4 is 10.1 Å². The van der Waals surface area contributed by atoms with Gasteiger partial charge in [0, 0.05) is 12.7 Å². The summed E-state index contributed by atoms with van der Waals surface area (Å²) in [5.74, 6) is 1.79. The van der Waals surface area contributed by atoms with E-state index in [9.17, 15) is 0 Å². The Morgan fingerprint density at radius 3 is 2.65 bits per heavy atom. The number of rotatable bonds is 5. The maximum absolute atomic E-state index is 5.38. The predicted molar refractivity (Wildman–Crippen MR) is 65.9 cm³/mol. The molecule has 1 aromatic heterocycles. The van der Waals surface area contributed by atoms with E-state index in [1.54, 1.807) is 11.0 Å². The van der Waals surface area contributed by atoms with Crippen LogP contribution in [-0.2, 0) is 13.6 Å². The van der Waals surface area contributed by atoms with Crippen molar-refractivity contribution in [3.8, 4) is 5.75 Å². The van der Waals surface area contributed by atoms with E-state index < -0.39 is 0 Å². The summed E-state index contributed by atoms with van der Waals surface area (Å²) in [5, 5.41) is 7.29. The lowest BCUT2D eigenvalue weighted by atomic mass is 10.3. The lowest BCUT2D eigenvalue weighted by molar-refractivity contribution is 0.340. The fraction of sp³-hybridized carbons (Fsp3) is 0.333. The Morgan fingerprint density at radius 2 is 2.06 bits per heavy atom. The van der Waals surface area contributed by atoms with E-state index in [1.807, 2.05) is 38.2 Å². The minimum atomic E-state index is 0.657. The molecule has 0 aliphatic rings. The first-order valence-corrected chi connectivity index (χ1v) is 5.59. The first-order chi connectivity index (χ1) is 8.29. The molecule has 0 bridgehead atoms. The van der Waals surface area contributed by atoms with Gasteiger partial charge >= 0.3 is 0 Å². The highest BCUT2D eigenvalue weighted by Gasteiger charge is 2.00. The fourth-order valence-corrected chi connectivity index (χ4v) is 1.50. The topological polar surface area (TPSA) is 52.0 Å². The molecule has 0 radical (unpaired) electrons. The summed E-state index contributed by atoms with van der Waals surface area (Å²) < 4.78 is 7.13. The zero-order valence-electron chi connectivity index (χ0n) is 10.1. The molecular formula is C12H16N4O. The van der Waals surface area contributed by atoms with Crippen molar-refractivity contribution in [1.82, 2.24) is 14.8 Å². The van der Waals surface area contributed by atoms with Crippen LogP contribution in [0.15, 0.2) is 30.6 Å². The van der Waals surface area contributed by atoms with Crippen molar-refractivity contribution < 1.29 is 4.74 Å². The van der Waals surface area contributed by atoms with Crippen LogP contribution in [0.5, 0.6) is 5.75 Å². The Bertz CT molecular complexity index is 464. The standard InChI is InChI=1S/C12H16N4O/c1-3-17-11-6-4-10(5-7-11)13-8-12-14-9-15-16(12)2/h4-7,9,13H,3,8H2,1-2H3. The van der Waals surface area contributed by atoms with Gasteiger partial charge in [-0.2, -0.15) is 5.10 Å². The van der Waals surface area contributed by atoms with E-state index in [1.165, 1.54) is 0 Å². The summed E-state index contributed by atoms with van der Waals surface area (Å²) in [6.45, 7) is 3.32. The molecule has 5 heteroatoms. The van der Waals surface area contributed by atoms with E-state index in [0.29, 0.717) is 13.2 Å². The molecule has 0 atom stereocenters. The van der Waals surface area contributed by atoms with Gasteiger partial charge in [-0.3, -0.25) is 4.68 Å². The van der Waals surface area contributed by atoms with Gasteiger partial charge in [-0.05, 0) is 31.2 Å². The number of anilines is 1. The molecule has 0 saturated carbocycles. The normalized spacial score (nSPS) is 10.2. The SMILES string of the molecule is CCOc1ccc(NCc2ncnn2C)cc1. The van der Waals surface area contributed by atoms with Crippen molar-refractivity contribution in [1.29, 1.82) is 0 Å². The molecular weight excluding hydrogens is 216 g/mol. The Balaban J connectivity index is 1.93. The van der Waals surface area contributed by atoms with E-state index >= 15 is 0 Å². The number of nitrogens with zero attached hydrogens (tertiary/aromatic N) is 3. The summed E-state index contributed by atoms with van der Waals surface area (Å²) in [7, 11) is 1.88. The van der Waals surface area contributed by atoms with Gasteiger partial charge in [0.05, 0.1) is 13.2 Å². The predicted octanol–water partition coefficient (Wildman–Crippen LogP) is 1.83. The molecule has 17 heavy (non-hydrogen) atoms. The van der Waals surface area contributed by atoms with E-state index in [2.05, 4.69) is 15.4 Å². The summed E-state index contributed by atoms with van der Waals surface area (Å²) in [6.07, 6.45) is 1.55. The number of benzene rings is 1. The molecule has 0 aliphatic heterocycles. The molecule has 0 saturated heterocycles. The average molecular weight is 232 g/mol. The molecule has 1 heterocycles. The monoisotopic (exact) mass is 232 g/mol. The molecule has 90 valence electrons. The summed E-state index contributed by atoms with van der Waals surface area (Å²) in [5.41, 5.74) is 1.04. The Morgan fingerprint density at radius 1 is 1.29 bits per heavy atom. The van der Waals surface area contributed by atoms with Gasteiger partial charge in [0.25, 0.3) is 0 Å². The van der Waals surface area contributed by atoms with Crippen LogP contribution in [0, 0.1) is 0 Å². The number of aryl methyl sites for hydroxylation is 1. The number of hydrogen-bond acceptors (Lipinski definition) is 4. The molecule has 2 rings (SSSR count). The van der Waals surface area contributed by atoms with Crippen molar-refractivity contribution in [3.63, 3.8) is 0 Å². The third kappa shape index (κ3) is 2.96. The summed E-state index contributed by atoms with van der Waals surface area (Å²) in [4.78, 5) is 4.14. The fourth-order valence-electron chi connectivity index (χ4n) is 1.50. The van der Waals surface area contributed by atoms with Gasteiger partial charge in [-0.25, -0.2) is 4.98 Å². The Labute approximate surface area is 100 Å². The Hall–Kier alpha value is -2.04. The van der Waals surface area contributed by atoms with Gasteiger partial charge in [0.2, 0.25) is 0 Å². The third-order valence-electron chi connectivity index (χ3n) is 2.42. The molecule has 0 amide bonds. The maximum Gasteiger partial charge on any atom is 0.145 e. The molecule has 0 spiro atoms. The summed E-state index contributed by atoms with van der Waals surface area (Å²) in [6, 6.07) is 7.87. The van der Waals surface area contributed by atoms with E-state index in [4.69, 9.17) is 4.74 Å². The second-order valence-electron chi connectivity index (χ2n) is 3.61. The van der Waals surface area contributed by atoms with Crippen molar-refractivity contribution in [2.45, 2.75) is 13.5 Å². The van der Waals surface area contributed by atoms with Gasteiger partial charge in [0.1, 0.15) is 17.9 Å². The van der Waals surface area contributed by atoms with Gasteiger partial charge in [-0.1, -0.05) is 0 Å². The maximum atomic E-state index is 5.38. The van der Waals surface area contributed by atoms with Crippen LogP contribution in [0.2, 0.25) is 0 Å². The van der Waals surface area contributed by atoms with Crippen molar-refractivity contribution in [2.75, 3.05) is 11.9 Å². The molecule has 0 aliphatic carbocycles. The molecule has 0 fully saturated rings. The van der Waals surface area contributed by atoms with Gasteiger partial charge in [-0.15, -0.1) is 0 Å². The van der Waals surface area contributed by atoms with E-state index in [0.717, 1.165) is 17.3 Å². The molecule has 2 aromatic rings. The molecule has 1 N–H and O–H groups in total. The highest BCUT2D eigenvalue weighted by Crippen LogP contribution is 2.15. The van der Waals surface area contributed by atoms with Crippen molar-refractivity contribution >= 4 is 5.69 Å². The van der Waals surface area contributed by atoms with Gasteiger partial charge in [0.15, 0.2) is 0 Å². The first-order valence-electron chi connectivity index (χ1n) is 5.59. The van der Waals surface area contributed by atoms with Crippen LogP contribution in [0.3, 0.4) is 0 Å². The largest absolute Gasteiger partial charge is 0.494 e. The van der Waals surface area contributed by atoms with E-state index in [-0.39, 0.29) is 0 Å². The molecule has 0 unspecified atom stereocenters. The van der Waals surface area contributed by atoms with Crippen LogP contribution >= 0.6 is 0 Å². The molecule has 1 aromatic carbocycles. The highest BCUT2D eigenvalue weighted by atomic mass is 16.5. The Kier molecular flexibility index (Phi) is 3.59. The molecule has 5 nitrogen and oxygen atoms in total. The lowest BCUT2D eigenvalue weighted by Gasteiger charge is -2.07. The van der Waals surface area contributed by atoms with Crippen LogP contribution in [0.4, 0.5) is 5.69 Å². The average Bonchev–Trinajstić information content (AvgIpc) is 2.75. The van der Waals surface area contributed by atoms with Crippen molar-refractivity contribution in [3.05, 3.63) is 36.4 Å². The third-order valence-corrected chi connectivity index (χ3v) is 2.42. The van der Waals surface area contributed by atoms with Crippen LogP contribution in [0.1, 0.15) is 12.7 Å². The zero-order chi connectivity index (χ0) is 12.1. The number of ether oxygens (including phenoxy) is 1. The zero-order valence-corrected chi connectivity index (χ0v) is 10.1. The number of nitrogens with one attached hydrogen (secondary N) is 1. The van der Waals surface area contributed by atoms with Crippen molar-refractivity contribution in [2.24, 2.45) is 7.05 Å². The number of aromatic nitrogens is 3. The number of hydrogen-bond donors (Lipinski definition) is 1. The summed E-state index contributed by atoms with van der Waals surface area (Å²) >= 11 is 0. The smallest absolute Gasteiger partial charge is 0.145 e. The van der Waals surface area contributed by atoms with Crippen LogP contribution in [0.25, 0.3) is 0 Å². The highest BCUT2D eigenvalue weighted by molar-refractivity contribution is 5.46. The van der Waals surface area contributed by atoms with Crippen LogP contribution in [-0.4, -0.2) is 21.4 Å². The second-order valence-corrected chi connectivity index (χ2v) is 3.61. The van der Waals surface area contributed by atoms with Gasteiger partial charge < -0.3 is 10.1 Å². The lowest BCUT2D eigenvalue weighted by Crippen LogP contribution is -2.06. The second kappa shape index (κ2) is 5.34. The first kappa shape index (κ1) is 11.4.